The molecule has 3 rings (SSSR count). The van der Waals surface area contributed by atoms with Crippen LogP contribution < -0.4 is 0 Å². The van der Waals surface area contributed by atoms with Crippen LogP contribution in [0, 0.1) is 0 Å². The van der Waals surface area contributed by atoms with Crippen LogP contribution in [0.3, 0.4) is 0 Å². The highest BCUT2D eigenvalue weighted by Crippen LogP contribution is 2.24. The van der Waals surface area contributed by atoms with Crippen LogP contribution in [0.15, 0.2) is 60.8 Å². The van der Waals surface area contributed by atoms with Gasteiger partial charge < -0.3 is 4.57 Å². The van der Waals surface area contributed by atoms with Crippen LogP contribution in [0.2, 0.25) is 5.02 Å². The van der Waals surface area contributed by atoms with E-state index in [2.05, 4.69) is 53.2 Å². The first kappa shape index (κ1) is 12.3. The van der Waals surface area contributed by atoms with Crippen molar-refractivity contribution in [2.24, 2.45) is 0 Å². The molecule has 2 aromatic carbocycles. The first-order chi connectivity index (χ1) is 9.34. The maximum absolute atomic E-state index is 6.28. The Morgan fingerprint density at radius 1 is 0.895 bits per heavy atom. The third kappa shape index (κ3) is 2.66. The number of aryl methyl sites for hydroxylation is 2. The van der Waals surface area contributed by atoms with Crippen molar-refractivity contribution in [3.8, 4) is 0 Å². The van der Waals surface area contributed by atoms with E-state index < -0.39 is 0 Å². The van der Waals surface area contributed by atoms with Gasteiger partial charge in [0.05, 0.1) is 10.5 Å². The molecule has 1 nitrogen and oxygen atoms in total. The second-order valence-electron chi connectivity index (χ2n) is 4.78. The van der Waals surface area contributed by atoms with Crippen molar-refractivity contribution < 1.29 is 0 Å². The minimum absolute atomic E-state index is 0.835. The molecule has 0 spiro atoms. The number of halogens is 1. The summed E-state index contributed by atoms with van der Waals surface area (Å²) in [6.45, 7) is 1.00. The van der Waals surface area contributed by atoms with E-state index in [0.717, 1.165) is 29.9 Å². The van der Waals surface area contributed by atoms with Gasteiger partial charge in [-0.05, 0) is 30.5 Å². The number of para-hydroxylation sites is 1. The molecule has 0 radical (unpaired) electrons. The topological polar surface area (TPSA) is 4.93 Å². The summed E-state index contributed by atoms with van der Waals surface area (Å²) in [7, 11) is 0. The van der Waals surface area contributed by atoms with Crippen LogP contribution in [-0.4, -0.2) is 4.57 Å². The Morgan fingerprint density at radius 2 is 1.74 bits per heavy atom. The van der Waals surface area contributed by atoms with Gasteiger partial charge in [-0.3, -0.25) is 0 Å². The molecule has 96 valence electrons. The Hall–Kier alpha value is -1.73. The first-order valence-corrected chi connectivity index (χ1v) is 7.00. The summed E-state index contributed by atoms with van der Waals surface area (Å²) in [6, 6.07) is 18.8. The van der Waals surface area contributed by atoms with E-state index in [4.69, 9.17) is 11.6 Å². The molecule has 0 unspecified atom stereocenters. The quantitative estimate of drug-likeness (QED) is 0.633. The Kier molecular flexibility index (Phi) is 3.56. The van der Waals surface area contributed by atoms with Gasteiger partial charge in [0.25, 0.3) is 0 Å². The van der Waals surface area contributed by atoms with Crippen molar-refractivity contribution in [1.29, 1.82) is 0 Å². The molecule has 0 atom stereocenters. The Balaban J connectivity index is 1.72. The predicted molar refractivity (Wildman–Crippen MR) is 81.7 cm³/mol. The second-order valence-corrected chi connectivity index (χ2v) is 5.18. The lowest BCUT2D eigenvalue weighted by atomic mass is 10.1. The molecule has 0 aliphatic heterocycles. The van der Waals surface area contributed by atoms with Gasteiger partial charge in [0.1, 0.15) is 0 Å². The number of aromatic nitrogens is 1. The third-order valence-electron chi connectivity index (χ3n) is 3.45. The average Bonchev–Trinajstić information content (AvgIpc) is 2.85. The van der Waals surface area contributed by atoms with Crippen LogP contribution in [0.25, 0.3) is 10.9 Å². The molecular weight excluding hydrogens is 254 g/mol. The SMILES string of the molecule is Clc1cccc2ccn(CCCc3ccccc3)c12. The molecule has 0 fully saturated rings. The van der Waals surface area contributed by atoms with Crippen LogP contribution >= 0.6 is 11.6 Å². The molecule has 3 aromatic rings. The highest BCUT2D eigenvalue weighted by atomic mass is 35.5. The standard InChI is InChI=1S/C17H16ClN/c18-16-10-4-9-15-11-13-19(17(15)16)12-5-8-14-6-2-1-3-7-14/h1-4,6-7,9-11,13H,5,8,12H2. The number of hydrogen-bond donors (Lipinski definition) is 0. The number of benzene rings is 2. The molecule has 0 saturated heterocycles. The number of nitrogens with zero attached hydrogens (tertiary/aromatic N) is 1. The van der Waals surface area contributed by atoms with Crippen molar-refractivity contribution >= 4 is 22.5 Å². The fourth-order valence-electron chi connectivity index (χ4n) is 2.50. The van der Waals surface area contributed by atoms with Gasteiger partial charge >= 0.3 is 0 Å². The van der Waals surface area contributed by atoms with Crippen LogP contribution in [0.5, 0.6) is 0 Å². The average molecular weight is 270 g/mol. The molecule has 1 heterocycles. The van der Waals surface area contributed by atoms with Gasteiger partial charge in [0, 0.05) is 18.1 Å². The predicted octanol–water partition coefficient (Wildman–Crippen LogP) is 4.93. The Bertz CT molecular complexity index is 670. The summed E-state index contributed by atoms with van der Waals surface area (Å²) < 4.78 is 2.25. The van der Waals surface area contributed by atoms with Crippen LogP contribution in [0.1, 0.15) is 12.0 Å². The fourth-order valence-corrected chi connectivity index (χ4v) is 2.79. The molecule has 0 amide bonds. The summed E-state index contributed by atoms with van der Waals surface area (Å²) in [5.41, 5.74) is 2.54. The van der Waals surface area contributed by atoms with Gasteiger partial charge in [0.15, 0.2) is 0 Å². The fraction of sp³-hybridized carbons (Fsp3) is 0.176. The van der Waals surface area contributed by atoms with E-state index >= 15 is 0 Å². The maximum atomic E-state index is 6.28. The zero-order chi connectivity index (χ0) is 13.1. The largest absolute Gasteiger partial charge is 0.346 e. The molecule has 0 aliphatic carbocycles. The highest BCUT2D eigenvalue weighted by molar-refractivity contribution is 6.35. The van der Waals surface area contributed by atoms with Crippen LogP contribution in [-0.2, 0) is 13.0 Å². The molecule has 0 bridgehead atoms. The number of rotatable bonds is 4. The Morgan fingerprint density at radius 3 is 2.58 bits per heavy atom. The van der Waals surface area contributed by atoms with E-state index in [1.54, 1.807) is 0 Å². The molecule has 19 heavy (non-hydrogen) atoms. The number of fused-ring (bicyclic) bond motifs is 1. The molecule has 2 heteroatoms. The lowest BCUT2D eigenvalue weighted by molar-refractivity contribution is 0.662. The van der Waals surface area contributed by atoms with Crippen molar-refractivity contribution in [3.05, 3.63) is 71.4 Å². The molecular formula is C17H16ClN. The van der Waals surface area contributed by atoms with Gasteiger partial charge in [-0.2, -0.15) is 0 Å². The van der Waals surface area contributed by atoms with Crippen molar-refractivity contribution in [2.45, 2.75) is 19.4 Å². The van der Waals surface area contributed by atoms with Crippen molar-refractivity contribution in [1.82, 2.24) is 4.57 Å². The monoisotopic (exact) mass is 269 g/mol. The van der Waals surface area contributed by atoms with Gasteiger partial charge in [-0.25, -0.2) is 0 Å². The smallest absolute Gasteiger partial charge is 0.0669 e. The minimum Gasteiger partial charge on any atom is -0.346 e. The maximum Gasteiger partial charge on any atom is 0.0669 e. The van der Waals surface area contributed by atoms with E-state index in [1.807, 2.05) is 12.1 Å². The lowest BCUT2D eigenvalue weighted by Gasteiger charge is -2.07. The van der Waals surface area contributed by atoms with Gasteiger partial charge in [-0.15, -0.1) is 0 Å². The van der Waals surface area contributed by atoms with E-state index in [0.29, 0.717) is 0 Å². The minimum atomic E-state index is 0.835. The Labute approximate surface area is 118 Å². The zero-order valence-corrected chi connectivity index (χ0v) is 11.5. The molecule has 0 saturated carbocycles. The third-order valence-corrected chi connectivity index (χ3v) is 3.75. The molecule has 0 N–H and O–H groups in total. The van der Waals surface area contributed by atoms with Crippen molar-refractivity contribution in [2.75, 3.05) is 0 Å². The van der Waals surface area contributed by atoms with Gasteiger partial charge in [-0.1, -0.05) is 54.1 Å². The summed E-state index contributed by atoms with van der Waals surface area (Å²) in [4.78, 5) is 0. The number of hydrogen-bond acceptors (Lipinski definition) is 0. The first-order valence-electron chi connectivity index (χ1n) is 6.62. The summed E-state index contributed by atoms with van der Waals surface area (Å²) >= 11 is 6.28. The second kappa shape index (κ2) is 5.50. The van der Waals surface area contributed by atoms with Gasteiger partial charge in [0.2, 0.25) is 0 Å². The van der Waals surface area contributed by atoms with Crippen LogP contribution in [0.4, 0.5) is 0 Å². The zero-order valence-electron chi connectivity index (χ0n) is 10.7. The summed E-state index contributed by atoms with van der Waals surface area (Å²) in [6.07, 6.45) is 4.35. The lowest BCUT2D eigenvalue weighted by Crippen LogP contribution is -1.98. The van der Waals surface area contributed by atoms with E-state index in [-0.39, 0.29) is 0 Å². The normalized spacial score (nSPS) is 11.0. The molecule has 0 aliphatic rings. The highest BCUT2D eigenvalue weighted by Gasteiger charge is 2.04. The summed E-state index contributed by atoms with van der Waals surface area (Å²) in [5, 5.41) is 2.05. The molecule has 1 aromatic heterocycles. The van der Waals surface area contributed by atoms with E-state index in [1.165, 1.54) is 10.9 Å². The van der Waals surface area contributed by atoms with E-state index in [9.17, 15) is 0 Å². The van der Waals surface area contributed by atoms with Crippen molar-refractivity contribution in [3.63, 3.8) is 0 Å². The summed E-state index contributed by atoms with van der Waals surface area (Å²) in [5.74, 6) is 0.